The number of nitrogens with one attached hydrogen (secondary N) is 1. The maximum absolute atomic E-state index is 6.18. The highest BCUT2D eigenvalue weighted by atomic mass is 35.5. The van der Waals surface area contributed by atoms with Crippen molar-refractivity contribution >= 4 is 40.3 Å². The van der Waals surface area contributed by atoms with E-state index in [9.17, 15) is 0 Å². The minimum absolute atomic E-state index is 0.333. The largest absolute Gasteiger partial charge is 0.389 e. The highest BCUT2D eigenvalue weighted by Crippen LogP contribution is 2.26. The van der Waals surface area contributed by atoms with E-state index >= 15 is 0 Å². The third kappa shape index (κ3) is 2.63. The first-order chi connectivity index (χ1) is 8.47. The molecule has 1 heterocycles. The fraction of sp³-hybridized carbons (Fsp3) is 0.167. The smallest absolute Gasteiger partial charge is 0.128 e. The summed E-state index contributed by atoms with van der Waals surface area (Å²) in [5.41, 5.74) is 8.03. The average molecular weight is 281 g/mol. The minimum Gasteiger partial charge on any atom is -0.389 e. The second-order valence-electron chi connectivity index (χ2n) is 3.98. The zero-order valence-corrected chi connectivity index (χ0v) is 11.6. The van der Waals surface area contributed by atoms with E-state index in [0.29, 0.717) is 10.0 Å². The molecule has 0 amide bonds. The highest BCUT2D eigenvalue weighted by Gasteiger charge is 2.07. The molecule has 0 atom stereocenters. The quantitative estimate of drug-likeness (QED) is 0.849. The van der Waals surface area contributed by atoms with Crippen molar-refractivity contribution in [2.45, 2.75) is 6.92 Å². The van der Waals surface area contributed by atoms with Crippen LogP contribution in [0, 0.1) is 6.92 Å². The summed E-state index contributed by atoms with van der Waals surface area (Å²) in [6.07, 6.45) is 0. The first-order valence-corrected chi connectivity index (χ1v) is 6.13. The van der Waals surface area contributed by atoms with Crippen molar-refractivity contribution in [2.75, 3.05) is 5.32 Å². The molecular formula is C12H13ClN4S. The van der Waals surface area contributed by atoms with Gasteiger partial charge in [0.05, 0.1) is 16.4 Å². The number of halogens is 1. The zero-order chi connectivity index (χ0) is 13.3. The molecule has 0 radical (unpaired) electrons. The van der Waals surface area contributed by atoms with Crippen LogP contribution in [-0.2, 0) is 7.05 Å². The van der Waals surface area contributed by atoms with Gasteiger partial charge in [-0.3, -0.25) is 4.68 Å². The molecule has 0 aliphatic carbocycles. The first kappa shape index (κ1) is 12.9. The SMILES string of the molecule is Cc1cc(Nc2ccc(C(N)=S)cc2Cl)n(C)n1. The maximum Gasteiger partial charge on any atom is 0.128 e. The number of thiocarbonyl (C=S) groups is 1. The van der Waals surface area contributed by atoms with Gasteiger partial charge in [-0.05, 0) is 25.1 Å². The van der Waals surface area contributed by atoms with Gasteiger partial charge in [0.25, 0.3) is 0 Å². The molecule has 0 aliphatic rings. The van der Waals surface area contributed by atoms with E-state index in [0.717, 1.165) is 22.8 Å². The van der Waals surface area contributed by atoms with Crippen LogP contribution in [0.25, 0.3) is 0 Å². The Morgan fingerprint density at radius 1 is 1.44 bits per heavy atom. The third-order valence-electron chi connectivity index (χ3n) is 2.52. The van der Waals surface area contributed by atoms with E-state index in [1.165, 1.54) is 0 Å². The molecule has 94 valence electrons. The van der Waals surface area contributed by atoms with Crippen LogP contribution in [0.3, 0.4) is 0 Å². The number of hydrogen-bond acceptors (Lipinski definition) is 3. The summed E-state index contributed by atoms with van der Waals surface area (Å²) in [7, 11) is 1.87. The minimum atomic E-state index is 0.333. The Labute approximate surface area is 116 Å². The number of rotatable bonds is 3. The Balaban J connectivity index is 2.30. The standard InChI is InChI=1S/C12H13ClN4S/c1-7-5-11(17(2)16-7)15-10-4-3-8(12(14)18)6-9(10)13/h3-6,15H,1-2H3,(H2,14,18). The Hall–Kier alpha value is -1.59. The molecule has 6 heteroatoms. The Kier molecular flexibility index (Phi) is 3.54. The predicted molar refractivity (Wildman–Crippen MR) is 78.6 cm³/mol. The van der Waals surface area contributed by atoms with Crippen molar-refractivity contribution in [3.05, 3.63) is 40.5 Å². The molecule has 3 N–H and O–H groups in total. The molecule has 0 saturated carbocycles. The molecule has 4 nitrogen and oxygen atoms in total. The van der Waals surface area contributed by atoms with Crippen LogP contribution in [0.5, 0.6) is 0 Å². The second-order valence-corrected chi connectivity index (χ2v) is 4.83. The number of nitrogens with two attached hydrogens (primary N) is 1. The van der Waals surface area contributed by atoms with Crippen LogP contribution >= 0.6 is 23.8 Å². The Morgan fingerprint density at radius 2 is 2.17 bits per heavy atom. The third-order valence-corrected chi connectivity index (χ3v) is 3.07. The normalized spacial score (nSPS) is 10.4. The molecule has 2 aromatic rings. The van der Waals surface area contributed by atoms with Crippen molar-refractivity contribution in [3.8, 4) is 0 Å². The van der Waals surface area contributed by atoms with Crippen LogP contribution in [0.15, 0.2) is 24.3 Å². The molecule has 0 spiro atoms. The van der Waals surface area contributed by atoms with Crippen LogP contribution in [0.1, 0.15) is 11.3 Å². The summed E-state index contributed by atoms with van der Waals surface area (Å²) in [6, 6.07) is 7.37. The van der Waals surface area contributed by atoms with Gasteiger partial charge in [0, 0.05) is 18.7 Å². The van der Waals surface area contributed by atoms with Gasteiger partial charge in [-0.1, -0.05) is 23.8 Å². The fourth-order valence-corrected chi connectivity index (χ4v) is 1.99. The first-order valence-electron chi connectivity index (χ1n) is 5.34. The molecule has 18 heavy (non-hydrogen) atoms. The van der Waals surface area contributed by atoms with Crippen LogP contribution in [-0.4, -0.2) is 14.8 Å². The molecule has 1 aromatic carbocycles. The van der Waals surface area contributed by atoms with Gasteiger partial charge in [0.15, 0.2) is 0 Å². The molecule has 0 aliphatic heterocycles. The average Bonchev–Trinajstić information content (AvgIpc) is 2.60. The zero-order valence-electron chi connectivity index (χ0n) is 10.1. The van der Waals surface area contributed by atoms with E-state index in [-0.39, 0.29) is 0 Å². The van der Waals surface area contributed by atoms with Crippen molar-refractivity contribution in [1.29, 1.82) is 0 Å². The number of benzene rings is 1. The molecule has 0 bridgehead atoms. The Bertz CT molecular complexity index is 606. The molecule has 0 fully saturated rings. The lowest BCUT2D eigenvalue weighted by Crippen LogP contribution is -2.09. The molecular weight excluding hydrogens is 268 g/mol. The number of aryl methyl sites for hydroxylation is 2. The van der Waals surface area contributed by atoms with Gasteiger partial charge in [0.2, 0.25) is 0 Å². The van der Waals surface area contributed by atoms with E-state index in [1.54, 1.807) is 10.7 Å². The van der Waals surface area contributed by atoms with Crippen molar-refractivity contribution in [1.82, 2.24) is 9.78 Å². The van der Waals surface area contributed by atoms with Gasteiger partial charge < -0.3 is 11.1 Å². The number of aromatic nitrogens is 2. The van der Waals surface area contributed by atoms with E-state index in [2.05, 4.69) is 10.4 Å². The number of hydrogen-bond donors (Lipinski definition) is 2. The summed E-state index contributed by atoms with van der Waals surface area (Å²) in [6.45, 7) is 1.93. The summed E-state index contributed by atoms with van der Waals surface area (Å²) in [5, 5.41) is 8.03. The highest BCUT2D eigenvalue weighted by molar-refractivity contribution is 7.80. The van der Waals surface area contributed by atoms with Gasteiger partial charge in [0.1, 0.15) is 10.8 Å². The molecule has 1 aromatic heterocycles. The van der Waals surface area contributed by atoms with E-state index < -0.39 is 0 Å². The molecule has 0 unspecified atom stereocenters. The number of anilines is 2. The van der Waals surface area contributed by atoms with Gasteiger partial charge >= 0.3 is 0 Å². The van der Waals surface area contributed by atoms with Gasteiger partial charge in [-0.15, -0.1) is 0 Å². The lowest BCUT2D eigenvalue weighted by atomic mass is 10.2. The van der Waals surface area contributed by atoms with E-state index in [4.69, 9.17) is 29.6 Å². The van der Waals surface area contributed by atoms with Crippen molar-refractivity contribution < 1.29 is 0 Å². The van der Waals surface area contributed by atoms with E-state index in [1.807, 2.05) is 32.2 Å². The summed E-state index contributed by atoms with van der Waals surface area (Å²) < 4.78 is 1.76. The van der Waals surface area contributed by atoms with Crippen molar-refractivity contribution in [2.24, 2.45) is 12.8 Å². The van der Waals surface area contributed by atoms with Crippen LogP contribution < -0.4 is 11.1 Å². The Morgan fingerprint density at radius 3 is 2.67 bits per heavy atom. The summed E-state index contributed by atoms with van der Waals surface area (Å²) in [4.78, 5) is 0.333. The lowest BCUT2D eigenvalue weighted by molar-refractivity contribution is 0.765. The van der Waals surface area contributed by atoms with Crippen molar-refractivity contribution in [3.63, 3.8) is 0 Å². The topological polar surface area (TPSA) is 55.9 Å². The summed E-state index contributed by atoms with van der Waals surface area (Å²) in [5.74, 6) is 0.873. The fourth-order valence-electron chi connectivity index (χ4n) is 1.64. The van der Waals surface area contributed by atoms with Crippen LogP contribution in [0.2, 0.25) is 5.02 Å². The molecule has 0 saturated heterocycles. The monoisotopic (exact) mass is 280 g/mol. The van der Waals surface area contributed by atoms with Gasteiger partial charge in [-0.25, -0.2) is 0 Å². The molecule has 2 rings (SSSR count). The number of nitrogens with zero attached hydrogens (tertiary/aromatic N) is 2. The second kappa shape index (κ2) is 4.96. The maximum atomic E-state index is 6.18. The van der Waals surface area contributed by atoms with Gasteiger partial charge in [-0.2, -0.15) is 5.10 Å². The van der Waals surface area contributed by atoms with Crippen LogP contribution in [0.4, 0.5) is 11.5 Å². The lowest BCUT2D eigenvalue weighted by Gasteiger charge is -2.09. The predicted octanol–water partition coefficient (Wildman–Crippen LogP) is 2.76. The summed E-state index contributed by atoms with van der Waals surface area (Å²) >= 11 is 11.1.